The fourth-order valence-corrected chi connectivity index (χ4v) is 7.73. The summed E-state index contributed by atoms with van der Waals surface area (Å²) in [5.74, 6) is 1.57. The van der Waals surface area contributed by atoms with Crippen molar-refractivity contribution >= 4 is 11.9 Å². The minimum absolute atomic E-state index is 0.0129. The molecule has 0 saturated carbocycles. The summed E-state index contributed by atoms with van der Waals surface area (Å²) in [7, 11) is 0. The molecule has 316 valence electrons. The van der Waals surface area contributed by atoms with Crippen molar-refractivity contribution < 1.29 is 19.1 Å². The third kappa shape index (κ3) is 30.8. The van der Waals surface area contributed by atoms with E-state index in [2.05, 4.69) is 60.7 Å². The van der Waals surface area contributed by atoms with Crippen LogP contribution in [0, 0.1) is 22.7 Å². The number of nitrogens with one attached hydrogen (secondary N) is 1. The number of hydrogen-bond donors (Lipinski definition) is 1. The van der Waals surface area contributed by atoms with Gasteiger partial charge in [-0.05, 0) is 104 Å². The highest BCUT2D eigenvalue weighted by Gasteiger charge is 2.29. The third-order valence-corrected chi connectivity index (χ3v) is 11.8. The van der Waals surface area contributed by atoms with E-state index in [1.54, 1.807) is 0 Å². The van der Waals surface area contributed by atoms with Crippen molar-refractivity contribution in [3.05, 3.63) is 0 Å². The molecule has 0 aliphatic heterocycles. The lowest BCUT2D eigenvalue weighted by atomic mass is 9.87. The van der Waals surface area contributed by atoms with Gasteiger partial charge in [0, 0.05) is 0 Å². The first-order valence-electron chi connectivity index (χ1n) is 23.6. The molecule has 0 aliphatic carbocycles. The highest BCUT2D eigenvalue weighted by molar-refractivity contribution is 5.76. The molecule has 5 heteroatoms. The Morgan fingerprint density at radius 2 is 0.717 bits per heavy atom. The van der Waals surface area contributed by atoms with Crippen molar-refractivity contribution in [3.63, 3.8) is 0 Å². The van der Waals surface area contributed by atoms with Crippen LogP contribution in [0.1, 0.15) is 248 Å². The highest BCUT2D eigenvalue weighted by Crippen LogP contribution is 2.28. The summed E-state index contributed by atoms with van der Waals surface area (Å²) in [6.45, 7) is 20.7. The van der Waals surface area contributed by atoms with Crippen molar-refractivity contribution in [3.8, 4) is 0 Å². The summed E-state index contributed by atoms with van der Waals surface area (Å²) in [6, 6.07) is 0. The van der Waals surface area contributed by atoms with E-state index in [9.17, 15) is 9.59 Å². The molecule has 0 saturated heterocycles. The molecule has 0 atom stereocenters. The number of hydrogen-bond acceptors (Lipinski definition) is 5. The van der Waals surface area contributed by atoms with Crippen LogP contribution in [0.2, 0.25) is 0 Å². The van der Waals surface area contributed by atoms with E-state index in [0.717, 1.165) is 63.5 Å². The molecule has 0 fully saturated rings. The molecular formula is C48H95NO4. The molecule has 0 bridgehead atoms. The molecule has 0 spiro atoms. The summed E-state index contributed by atoms with van der Waals surface area (Å²) in [5, 5.41) is 3.62. The van der Waals surface area contributed by atoms with E-state index in [4.69, 9.17) is 9.47 Å². The van der Waals surface area contributed by atoms with Crippen LogP contribution >= 0.6 is 0 Å². The first kappa shape index (κ1) is 51.9. The quantitative estimate of drug-likeness (QED) is 0.0499. The summed E-state index contributed by atoms with van der Waals surface area (Å²) in [6.07, 6.45) is 36.8. The molecule has 0 amide bonds. The van der Waals surface area contributed by atoms with Gasteiger partial charge in [0.15, 0.2) is 0 Å². The lowest BCUT2D eigenvalue weighted by Gasteiger charge is -2.23. The van der Waals surface area contributed by atoms with Crippen LogP contribution in [0.3, 0.4) is 0 Å². The van der Waals surface area contributed by atoms with Gasteiger partial charge in [-0.15, -0.1) is 0 Å². The van der Waals surface area contributed by atoms with Crippen molar-refractivity contribution in [2.75, 3.05) is 26.3 Å². The predicted octanol–water partition coefficient (Wildman–Crippen LogP) is 14.7. The number of ether oxygens (including phenoxy) is 2. The van der Waals surface area contributed by atoms with Crippen LogP contribution in [-0.4, -0.2) is 38.2 Å². The summed E-state index contributed by atoms with van der Waals surface area (Å²) in [5.41, 5.74) is -0.778. The van der Waals surface area contributed by atoms with E-state index in [1.165, 1.54) is 154 Å². The number of rotatable bonds is 40. The maximum Gasteiger partial charge on any atom is 0.311 e. The zero-order valence-electron chi connectivity index (χ0n) is 37.3. The maximum absolute atomic E-state index is 12.8. The van der Waals surface area contributed by atoms with Crippen molar-refractivity contribution in [1.29, 1.82) is 0 Å². The van der Waals surface area contributed by atoms with Crippen molar-refractivity contribution in [1.82, 2.24) is 5.32 Å². The van der Waals surface area contributed by atoms with E-state index in [1.807, 2.05) is 0 Å². The molecule has 0 aliphatic rings. The van der Waals surface area contributed by atoms with Gasteiger partial charge < -0.3 is 14.8 Å². The van der Waals surface area contributed by atoms with Gasteiger partial charge in [0.05, 0.1) is 24.0 Å². The van der Waals surface area contributed by atoms with Gasteiger partial charge in [-0.2, -0.15) is 0 Å². The molecule has 0 aromatic rings. The average Bonchev–Trinajstić information content (AvgIpc) is 3.13. The second-order valence-corrected chi connectivity index (χ2v) is 18.1. The Morgan fingerprint density at radius 3 is 1.04 bits per heavy atom. The van der Waals surface area contributed by atoms with Crippen LogP contribution in [0.4, 0.5) is 0 Å². The SMILES string of the molecule is CCCCCC(CCCCC)CCCOC(=O)C(C)(C)CCCCCCNCCCCCCC(C)(C)C(=O)OCCCC(CCCCC)CCCCC. The summed E-state index contributed by atoms with van der Waals surface area (Å²) >= 11 is 0. The zero-order chi connectivity index (χ0) is 39.5. The Balaban J connectivity index is 3.92. The average molecular weight is 750 g/mol. The molecular weight excluding hydrogens is 655 g/mol. The zero-order valence-corrected chi connectivity index (χ0v) is 37.3. The second-order valence-electron chi connectivity index (χ2n) is 18.1. The van der Waals surface area contributed by atoms with Crippen LogP contribution in [-0.2, 0) is 19.1 Å². The molecule has 0 aromatic heterocycles. The van der Waals surface area contributed by atoms with E-state index >= 15 is 0 Å². The van der Waals surface area contributed by atoms with Gasteiger partial charge in [-0.25, -0.2) is 0 Å². The lowest BCUT2D eigenvalue weighted by molar-refractivity contribution is -0.155. The predicted molar refractivity (Wildman–Crippen MR) is 231 cm³/mol. The Bertz CT molecular complexity index is 738. The molecule has 5 nitrogen and oxygen atoms in total. The molecule has 0 heterocycles. The topological polar surface area (TPSA) is 64.6 Å². The largest absolute Gasteiger partial charge is 0.465 e. The molecule has 0 rings (SSSR count). The fourth-order valence-electron chi connectivity index (χ4n) is 7.73. The monoisotopic (exact) mass is 750 g/mol. The molecule has 53 heavy (non-hydrogen) atoms. The van der Waals surface area contributed by atoms with Gasteiger partial charge in [0.1, 0.15) is 0 Å². The fraction of sp³-hybridized carbons (Fsp3) is 0.958. The van der Waals surface area contributed by atoms with Crippen LogP contribution in [0.25, 0.3) is 0 Å². The first-order chi connectivity index (χ1) is 25.5. The van der Waals surface area contributed by atoms with Gasteiger partial charge in [-0.3, -0.25) is 9.59 Å². The van der Waals surface area contributed by atoms with Gasteiger partial charge >= 0.3 is 11.9 Å². The minimum Gasteiger partial charge on any atom is -0.465 e. The number of carbonyl (C=O) groups excluding carboxylic acids is 2. The van der Waals surface area contributed by atoms with E-state index < -0.39 is 0 Å². The summed E-state index contributed by atoms with van der Waals surface area (Å²) in [4.78, 5) is 25.6. The van der Waals surface area contributed by atoms with Gasteiger partial charge in [-0.1, -0.05) is 169 Å². The molecule has 0 unspecified atom stereocenters. The van der Waals surface area contributed by atoms with Crippen LogP contribution in [0.5, 0.6) is 0 Å². The third-order valence-electron chi connectivity index (χ3n) is 11.8. The maximum atomic E-state index is 12.8. The molecule has 0 radical (unpaired) electrons. The van der Waals surface area contributed by atoms with Crippen LogP contribution in [0.15, 0.2) is 0 Å². The number of esters is 2. The second kappa shape index (κ2) is 35.3. The van der Waals surface area contributed by atoms with E-state index in [0.29, 0.717) is 13.2 Å². The Morgan fingerprint density at radius 1 is 0.415 bits per heavy atom. The first-order valence-corrected chi connectivity index (χ1v) is 23.6. The highest BCUT2D eigenvalue weighted by atomic mass is 16.5. The Labute approximate surface area is 332 Å². The smallest absolute Gasteiger partial charge is 0.311 e. The van der Waals surface area contributed by atoms with Crippen molar-refractivity contribution in [2.45, 2.75) is 248 Å². The Kier molecular flexibility index (Phi) is 34.6. The normalized spacial score (nSPS) is 12.3. The van der Waals surface area contributed by atoms with Gasteiger partial charge in [0.25, 0.3) is 0 Å². The standard InChI is InChI=1S/C48H95NO4/c1-9-13-21-31-43(32-22-14-10-2)35-29-41-52-45(50)47(5,6)37-25-17-19-27-39-49-40-28-20-18-26-38-48(7,8)46(51)53-42-30-36-44(33-23-15-11-3)34-24-16-12-4/h43-44,49H,9-42H2,1-8H3. The molecule has 0 aromatic carbocycles. The lowest BCUT2D eigenvalue weighted by Crippen LogP contribution is -2.27. The number of unbranched alkanes of at least 4 members (excludes halogenated alkanes) is 14. The van der Waals surface area contributed by atoms with Crippen molar-refractivity contribution in [2.24, 2.45) is 22.7 Å². The van der Waals surface area contributed by atoms with E-state index in [-0.39, 0.29) is 22.8 Å². The number of carbonyl (C=O) groups is 2. The van der Waals surface area contributed by atoms with Gasteiger partial charge in [0.2, 0.25) is 0 Å². The molecule has 1 N–H and O–H groups in total. The Hall–Kier alpha value is -1.10. The summed E-state index contributed by atoms with van der Waals surface area (Å²) < 4.78 is 11.5. The minimum atomic E-state index is -0.389. The van der Waals surface area contributed by atoms with Crippen LogP contribution < -0.4 is 5.32 Å².